The van der Waals surface area contributed by atoms with Crippen LogP contribution in [0.4, 0.5) is 0 Å². The molecule has 0 amide bonds. The van der Waals surface area contributed by atoms with E-state index in [0.717, 1.165) is 36.0 Å². The molecule has 2 aromatic heterocycles. The van der Waals surface area contributed by atoms with E-state index in [0.29, 0.717) is 0 Å². The lowest BCUT2D eigenvalue weighted by Crippen LogP contribution is -2.18. The zero-order valence-electron chi connectivity index (χ0n) is 9.39. The predicted octanol–water partition coefficient (Wildman–Crippen LogP) is 2.44. The van der Waals surface area contributed by atoms with Gasteiger partial charge in [-0.2, -0.15) is 5.10 Å². The van der Waals surface area contributed by atoms with Crippen molar-refractivity contribution < 1.29 is 4.74 Å². The van der Waals surface area contributed by atoms with Gasteiger partial charge < -0.3 is 4.74 Å². The van der Waals surface area contributed by atoms with E-state index in [1.807, 2.05) is 30.1 Å². The van der Waals surface area contributed by atoms with Gasteiger partial charge in [0, 0.05) is 23.9 Å². The summed E-state index contributed by atoms with van der Waals surface area (Å²) in [5, 5.41) is 5.55. The van der Waals surface area contributed by atoms with Crippen molar-refractivity contribution in [3.8, 4) is 0 Å². The van der Waals surface area contributed by atoms with Crippen LogP contribution in [0.25, 0.3) is 10.9 Å². The molecule has 1 saturated heterocycles. The molecule has 3 rings (SSSR count). The molecule has 1 atom stereocenters. The summed E-state index contributed by atoms with van der Waals surface area (Å²) in [5.74, 6) is 0. The summed E-state index contributed by atoms with van der Waals surface area (Å²) in [6.07, 6.45) is 7.26. The SMILES string of the molecule is Cc1nccc2c1cnn2C1CCCCO1. The molecule has 1 unspecified atom stereocenters. The van der Waals surface area contributed by atoms with Gasteiger partial charge >= 0.3 is 0 Å². The Kier molecular flexibility index (Phi) is 2.36. The molecule has 84 valence electrons. The van der Waals surface area contributed by atoms with E-state index in [1.54, 1.807) is 0 Å². The number of rotatable bonds is 1. The Bertz CT molecular complexity index is 500. The number of hydrogen-bond acceptors (Lipinski definition) is 3. The average Bonchev–Trinajstić information content (AvgIpc) is 2.75. The van der Waals surface area contributed by atoms with E-state index in [9.17, 15) is 0 Å². The predicted molar refractivity (Wildman–Crippen MR) is 61.1 cm³/mol. The first kappa shape index (κ1) is 9.78. The highest BCUT2D eigenvalue weighted by atomic mass is 16.5. The van der Waals surface area contributed by atoms with Crippen LogP contribution in [-0.4, -0.2) is 21.4 Å². The number of pyridine rings is 1. The van der Waals surface area contributed by atoms with E-state index >= 15 is 0 Å². The van der Waals surface area contributed by atoms with Crippen molar-refractivity contribution in [1.29, 1.82) is 0 Å². The zero-order valence-corrected chi connectivity index (χ0v) is 9.39. The van der Waals surface area contributed by atoms with Gasteiger partial charge in [0.05, 0.1) is 11.7 Å². The third-order valence-corrected chi connectivity index (χ3v) is 3.15. The number of nitrogens with zero attached hydrogens (tertiary/aromatic N) is 3. The summed E-state index contributed by atoms with van der Waals surface area (Å²) in [4.78, 5) is 4.27. The van der Waals surface area contributed by atoms with Crippen LogP contribution >= 0.6 is 0 Å². The number of hydrogen-bond donors (Lipinski definition) is 0. The van der Waals surface area contributed by atoms with E-state index in [1.165, 1.54) is 6.42 Å². The molecule has 4 heteroatoms. The minimum absolute atomic E-state index is 0.105. The number of aromatic nitrogens is 3. The maximum atomic E-state index is 5.75. The summed E-state index contributed by atoms with van der Waals surface area (Å²) in [5.41, 5.74) is 2.15. The molecule has 0 saturated carbocycles. The van der Waals surface area contributed by atoms with Gasteiger partial charge in [0.1, 0.15) is 0 Å². The van der Waals surface area contributed by atoms with Gasteiger partial charge in [0.2, 0.25) is 0 Å². The molecule has 4 nitrogen and oxygen atoms in total. The fourth-order valence-corrected chi connectivity index (χ4v) is 2.25. The largest absolute Gasteiger partial charge is 0.356 e. The van der Waals surface area contributed by atoms with E-state index in [-0.39, 0.29) is 6.23 Å². The highest BCUT2D eigenvalue weighted by Crippen LogP contribution is 2.26. The lowest BCUT2D eigenvalue weighted by Gasteiger charge is -2.23. The normalized spacial score (nSPS) is 21.4. The maximum absolute atomic E-state index is 5.75. The summed E-state index contributed by atoms with van der Waals surface area (Å²) < 4.78 is 7.74. The quantitative estimate of drug-likeness (QED) is 0.736. The molecule has 0 aromatic carbocycles. The van der Waals surface area contributed by atoms with Gasteiger partial charge in [-0.25, -0.2) is 4.68 Å². The van der Waals surface area contributed by atoms with Gasteiger partial charge in [0.25, 0.3) is 0 Å². The number of aryl methyl sites for hydroxylation is 1. The molecule has 0 spiro atoms. The lowest BCUT2D eigenvalue weighted by molar-refractivity contribution is -0.0366. The lowest BCUT2D eigenvalue weighted by atomic mass is 10.2. The highest BCUT2D eigenvalue weighted by Gasteiger charge is 2.18. The summed E-state index contributed by atoms with van der Waals surface area (Å²) in [6.45, 7) is 2.85. The molecule has 2 aromatic rings. The summed E-state index contributed by atoms with van der Waals surface area (Å²) in [7, 11) is 0. The molecule has 16 heavy (non-hydrogen) atoms. The highest BCUT2D eigenvalue weighted by molar-refractivity contribution is 5.80. The fourth-order valence-electron chi connectivity index (χ4n) is 2.25. The zero-order chi connectivity index (χ0) is 11.0. The maximum Gasteiger partial charge on any atom is 0.150 e. The smallest absolute Gasteiger partial charge is 0.150 e. The van der Waals surface area contributed by atoms with Gasteiger partial charge in [-0.1, -0.05) is 0 Å². The third-order valence-electron chi connectivity index (χ3n) is 3.15. The van der Waals surface area contributed by atoms with Crippen molar-refractivity contribution in [3.05, 3.63) is 24.2 Å². The minimum atomic E-state index is 0.105. The second-order valence-electron chi connectivity index (χ2n) is 4.24. The van der Waals surface area contributed by atoms with Crippen molar-refractivity contribution in [2.24, 2.45) is 0 Å². The first-order valence-corrected chi connectivity index (χ1v) is 5.77. The molecule has 1 aliphatic rings. The third kappa shape index (κ3) is 1.50. The van der Waals surface area contributed by atoms with E-state index < -0.39 is 0 Å². The van der Waals surface area contributed by atoms with Gasteiger partial charge in [-0.3, -0.25) is 4.98 Å². The van der Waals surface area contributed by atoms with Gasteiger partial charge in [-0.15, -0.1) is 0 Å². The average molecular weight is 217 g/mol. The van der Waals surface area contributed by atoms with Gasteiger partial charge in [-0.05, 0) is 32.3 Å². The standard InChI is InChI=1S/C12H15N3O/c1-9-10-8-14-15(11(10)5-6-13-9)12-4-2-3-7-16-12/h5-6,8,12H,2-4,7H2,1H3. The number of ether oxygens (including phenoxy) is 1. The Balaban J connectivity index is 2.06. The molecule has 3 heterocycles. The number of fused-ring (bicyclic) bond motifs is 1. The van der Waals surface area contributed by atoms with Crippen LogP contribution in [0.3, 0.4) is 0 Å². The van der Waals surface area contributed by atoms with Crippen molar-refractivity contribution in [1.82, 2.24) is 14.8 Å². The fraction of sp³-hybridized carbons (Fsp3) is 0.500. The van der Waals surface area contributed by atoms with Crippen molar-refractivity contribution in [2.75, 3.05) is 6.61 Å². The van der Waals surface area contributed by atoms with Gasteiger partial charge in [0.15, 0.2) is 6.23 Å². The van der Waals surface area contributed by atoms with E-state index in [2.05, 4.69) is 10.1 Å². The molecule has 1 aliphatic heterocycles. The summed E-state index contributed by atoms with van der Waals surface area (Å²) in [6, 6.07) is 2.01. The molecular formula is C12H15N3O. The van der Waals surface area contributed by atoms with Crippen molar-refractivity contribution in [3.63, 3.8) is 0 Å². The molecule has 0 radical (unpaired) electrons. The second-order valence-corrected chi connectivity index (χ2v) is 4.24. The van der Waals surface area contributed by atoms with Crippen LogP contribution in [0, 0.1) is 6.92 Å². The molecule has 0 N–H and O–H groups in total. The van der Waals surface area contributed by atoms with Crippen LogP contribution in [0.5, 0.6) is 0 Å². The molecular weight excluding hydrogens is 202 g/mol. The Hall–Kier alpha value is -1.42. The Morgan fingerprint density at radius 1 is 1.44 bits per heavy atom. The van der Waals surface area contributed by atoms with Crippen LogP contribution < -0.4 is 0 Å². The molecule has 0 bridgehead atoms. The molecule has 1 fully saturated rings. The van der Waals surface area contributed by atoms with Crippen LogP contribution in [-0.2, 0) is 4.74 Å². The Morgan fingerprint density at radius 2 is 2.38 bits per heavy atom. The summed E-state index contributed by atoms with van der Waals surface area (Å²) >= 11 is 0. The van der Waals surface area contributed by atoms with Crippen molar-refractivity contribution >= 4 is 10.9 Å². The van der Waals surface area contributed by atoms with Crippen LogP contribution in [0.2, 0.25) is 0 Å². The van der Waals surface area contributed by atoms with E-state index in [4.69, 9.17) is 4.74 Å². The Labute approximate surface area is 94.2 Å². The molecule has 0 aliphatic carbocycles. The minimum Gasteiger partial charge on any atom is -0.356 e. The van der Waals surface area contributed by atoms with Crippen molar-refractivity contribution in [2.45, 2.75) is 32.4 Å². The monoisotopic (exact) mass is 217 g/mol. The second kappa shape index (κ2) is 3.87. The van der Waals surface area contributed by atoms with Crippen LogP contribution in [0.15, 0.2) is 18.5 Å². The topological polar surface area (TPSA) is 39.9 Å². The van der Waals surface area contributed by atoms with Crippen LogP contribution in [0.1, 0.15) is 31.2 Å². The Morgan fingerprint density at radius 3 is 3.19 bits per heavy atom. The first-order valence-electron chi connectivity index (χ1n) is 5.77. The first-order chi connectivity index (χ1) is 7.86.